The highest BCUT2D eigenvalue weighted by molar-refractivity contribution is 5.77. The fourth-order valence-corrected chi connectivity index (χ4v) is 2.87. The average Bonchev–Trinajstić information content (AvgIpc) is 2.88. The molecular formula is C17H24F2N2O. The molecule has 2 unspecified atom stereocenters. The molecule has 5 heteroatoms. The van der Waals surface area contributed by atoms with Crippen LogP contribution in [0, 0.1) is 17.0 Å². The molecule has 1 aromatic carbocycles. The van der Waals surface area contributed by atoms with Gasteiger partial charge in [-0.05, 0) is 30.9 Å². The summed E-state index contributed by atoms with van der Waals surface area (Å²) in [5.74, 6) is -1.35. The zero-order valence-corrected chi connectivity index (χ0v) is 13.4. The molecule has 0 aliphatic carbocycles. The van der Waals surface area contributed by atoms with Crippen molar-refractivity contribution < 1.29 is 13.6 Å². The van der Waals surface area contributed by atoms with Crippen LogP contribution in [0.25, 0.3) is 0 Å². The minimum atomic E-state index is -0.626. The van der Waals surface area contributed by atoms with Gasteiger partial charge in [-0.25, -0.2) is 8.78 Å². The summed E-state index contributed by atoms with van der Waals surface area (Å²) in [6.45, 7) is 6.71. The van der Waals surface area contributed by atoms with Crippen LogP contribution in [0.5, 0.6) is 0 Å². The zero-order valence-electron chi connectivity index (χ0n) is 13.4. The van der Waals surface area contributed by atoms with Crippen LogP contribution in [0.2, 0.25) is 0 Å². The van der Waals surface area contributed by atoms with Crippen LogP contribution in [0.3, 0.4) is 0 Å². The van der Waals surface area contributed by atoms with Gasteiger partial charge >= 0.3 is 0 Å². The van der Waals surface area contributed by atoms with Gasteiger partial charge < -0.3 is 10.6 Å². The molecule has 0 radical (unpaired) electrons. The van der Waals surface area contributed by atoms with Crippen LogP contribution in [0.1, 0.15) is 51.6 Å². The number of nitrogens with one attached hydrogen (secondary N) is 2. The van der Waals surface area contributed by atoms with E-state index in [1.54, 1.807) is 0 Å². The lowest BCUT2D eigenvalue weighted by Gasteiger charge is -2.32. The molecule has 1 aliphatic rings. The Kier molecular flexibility index (Phi) is 5.16. The van der Waals surface area contributed by atoms with Crippen molar-refractivity contribution in [3.63, 3.8) is 0 Å². The first-order valence-corrected chi connectivity index (χ1v) is 7.75. The van der Waals surface area contributed by atoms with Crippen molar-refractivity contribution in [2.24, 2.45) is 5.41 Å². The van der Waals surface area contributed by atoms with Gasteiger partial charge in [-0.1, -0.05) is 26.8 Å². The molecule has 2 rings (SSSR count). The molecule has 1 saturated heterocycles. The summed E-state index contributed by atoms with van der Waals surface area (Å²) in [4.78, 5) is 12.3. The molecule has 2 N–H and O–H groups in total. The molecule has 0 aromatic heterocycles. The van der Waals surface area contributed by atoms with E-state index in [1.807, 2.05) is 20.8 Å². The molecule has 1 amide bonds. The molecule has 0 spiro atoms. The Labute approximate surface area is 130 Å². The molecular weight excluding hydrogens is 286 g/mol. The van der Waals surface area contributed by atoms with E-state index in [0.29, 0.717) is 12.0 Å². The summed E-state index contributed by atoms with van der Waals surface area (Å²) in [7, 11) is 0. The highest BCUT2D eigenvalue weighted by Crippen LogP contribution is 2.34. The molecule has 1 heterocycles. The predicted molar refractivity (Wildman–Crippen MR) is 82.3 cm³/mol. The van der Waals surface area contributed by atoms with Gasteiger partial charge in [0.2, 0.25) is 5.91 Å². The minimum Gasteiger partial charge on any atom is -0.349 e. The van der Waals surface area contributed by atoms with Gasteiger partial charge in [0.25, 0.3) is 0 Å². The van der Waals surface area contributed by atoms with Crippen LogP contribution in [-0.4, -0.2) is 18.5 Å². The maximum atomic E-state index is 14.1. The summed E-state index contributed by atoms with van der Waals surface area (Å²) in [6.07, 6.45) is 2.45. The average molecular weight is 310 g/mol. The Hall–Kier alpha value is -1.49. The van der Waals surface area contributed by atoms with Crippen LogP contribution in [-0.2, 0) is 4.79 Å². The number of hydrogen-bond donors (Lipinski definition) is 2. The first-order chi connectivity index (χ1) is 10.3. The lowest BCUT2D eigenvalue weighted by Crippen LogP contribution is -2.39. The topological polar surface area (TPSA) is 41.1 Å². The normalized spacial score (nSPS) is 20.0. The van der Waals surface area contributed by atoms with Crippen molar-refractivity contribution in [3.8, 4) is 0 Å². The maximum Gasteiger partial charge on any atom is 0.222 e. The van der Waals surface area contributed by atoms with E-state index in [4.69, 9.17) is 0 Å². The molecule has 1 aliphatic heterocycles. The van der Waals surface area contributed by atoms with Crippen molar-refractivity contribution in [2.45, 2.75) is 52.1 Å². The minimum absolute atomic E-state index is 0.108. The van der Waals surface area contributed by atoms with Gasteiger partial charge in [-0.15, -0.1) is 0 Å². The maximum absolute atomic E-state index is 14.1. The van der Waals surface area contributed by atoms with Gasteiger partial charge in [-0.2, -0.15) is 0 Å². The van der Waals surface area contributed by atoms with E-state index >= 15 is 0 Å². The summed E-state index contributed by atoms with van der Waals surface area (Å²) in [5.41, 5.74) is -0.0566. The van der Waals surface area contributed by atoms with E-state index in [2.05, 4.69) is 10.6 Å². The van der Waals surface area contributed by atoms with E-state index in [-0.39, 0.29) is 17.4 Å². The third kappa shape index (κ3) is 4.26. The summed E-state index contributed by atoms with van der Waals surface area (Å²) < 4.78 is 27.2. The third-order valence-corrected chi connectivity index (χ3v) is 4.04. The van der Waals surface area contributed by atoms with E-state index in [0.717, 1.165) is 25.5 Å². The second-order valence-electron chi connectivity index (χ2n) is 7.03. The van der Waals surface area contributed by atoms with Crippen molar-refractivity contribution in [2.75, 3.05) is 6.54 Å². The Bertz CT molecular complexity index is 534. The van der Waals surface area contributed by atoms with Gasteiger partial charge in [0.1, 0.15) is 11.6 Å². The lowest BCUT2D eigenvalue weighted by molar-refractivity contribution is -0.123. The van der Waals surface area contributed by atoms with Crippen LogP contribution in [0.15, 0.2) is 18.2 Å². The number of carbonyl (C=O) groups excluding carboxylic acids is 1. The second kappa shape index (κ2) is 6.73. The summed E-state index contributed by atoms with van der Waals surface area (Å²) >= 11 is 0. The Balaban J connectivity index is 2.14. The summed E-state index contributed by atoms with van der Waals surface area (Å²) in [6, 6.07) is 3.19. The summed E-state index contributed by atoms with van der Waals surface area (Å²) in [5, 5.41) is 6.19. The largest absolute Gasteiger partial charge is 0.349 e. The van der Waals surface area contributed by atoms with E-state index < -0.39 is 17.7 Å². The number of rotatable bonds is 4. The molecule has 0 saturated carbocycles. The highest BCUT2D eigenvalue weighted by Gasteiger charge is 2.31. The molecule has 2 atom stereocenters. The fraction of sp³-hybridized carbons (Fsp3) is 0.588. The van der Waals surface area contributed by atoms with Crippen LogP contribution < -0.4 is 10.6 Å². The first kappa shape index (κ1) is 16.9. The van der Waals surface area contributed by atoms with Crippen LogP contribution >= 0.6 is 0 Å². The van der Waals surface area contributed by atoms with Gasteiger partial charge in [0, 0.05) is 24.1 Å². The first-order valence-electron chi connectivity index (χ1n) is 7.75. The Morgan fingerprint density at radius 1 is 1.41 bits per heavy atom. The van der Waals surface area contributed by atoms with E-state index in [9.17, 15) is 13.6 Å². The van der Waals surface area contributed by atoms with Crippen molar-refractivity contribution in [1.29, 1.82) is 0 Å². The lowest BCUT2D eigenvalue weighted by atomic mass is 9.82. The molecule has 3 nitrogen and oxygen atoms in total. The smallest absolute Gasteiger partial charge is 0.222 e. The molecule has 1 aromatic rings. The Morgan fingerprint density at radius 3 is 2.68 bits per heavy atom. The second-order valence-corrected chi connectivity index (χ2v) is 7.03. The highest BCUT2D eigenvalue weighted by atomic mass is 19.1. The Morgan fingerprint density at radius 2 is 2.14 bits per heavy atom. The molecule has 1 fully saturated rings. The molecule has 22 heavy (non-hydrogen) atoms. The van der Waals surface area contributed by atoms with Crippen LogP contribution in [0.4, 0.5) is 8.78 Å². The monoisotopic (exact) mass is 310 g/mol. The predicted octanol–water partition coefficient (Wildman–Crippen LogP) is 3.31. The number of halogens is 2. The standard InChI is InChI=1S/C17H24F2N2O/c1-17(2,3)16(13-7-6-11(18)9-14(13)19)21-15(22)10-12-5-4-8-20-12/h6-7,9,12,16,20H,4-5,8,10H2,1-3H3,(H,21,22). The van der Waals surface area contributed by atoms with Crippen molar-refractivity contribution in [1.82, 2.24) is 10.6 Å². The van der Waals surface area contributed by atoms with Crippen molar-refractivity contribution >= 4 is 5.91 Å². The van der Waals surface area contributed by atoms with Gasteiger partial charge in [0.15, 0.2) is 0 Å². The quantitative estimate of drug-likeness (QED) is 0.896. The van der Waals surface area contributed by atoms with Gasteiger partial charge in [0.05, 0.1) is 6.04 Å². The zero-order chi connectivity index (χ0) is 16.3. The molecule has 0 bridgehead atoms. The molecule has 122 valence electrons. The number of benzene rings is 1. The van der Waals surface area contributed by atoms with Gasteiger partial charge in [-0.3, -0.25) is 4.79 Å². The third-order valence-electron chi connectivity index (χ3n) is 4.04. The number of amides is 1. The SMILES string of the molecule is CC(C)(C)C(NC(=O)CC1CCCN1)c1ccc(F)cc1F. The van der Waals surface area contributed by atoms with Crippen molar-refractivity contribution in [3.05, 3.63) is 35.4 Å². The number of carbonyl (C=O) groups is 1. The van der Waals surface area contributed by atoms with E-state index in [1.165, 1.54) is 12.1 Å². The number of hydrogen-bond acceptors (Lipinski definition) is 2. The fourth-order valence-electron chi connectivity index (χ4n) is 2.87.